The molecular formula is C10H23ClN2O3S. The summed E-state index contributed by atoms with van der Waals surface area (Å²) in [7, 11) is -3.13. The Morgan fingerprint density at radius 1 is 1.29 bits per heavy atom. The SMILES string of the molecule is CC(C)OCCS(=O)(=O)N1CCCNCC1.Cl. The quantitative estimate of drug-likeness (QED) is 0.798. The van der Waals surface area contributed by atoms with E-state index in [9.17, 15) is 8.42 Å². The molecule has 1 aliphatic heterocycles. The van der Waals surface area contributed by atoms with Gasteiger partial charge in [-0.2, -0.15) is 0 Å². The predicted molar refractivity (Wildman–Crippen MR) is 71.2 cm³/mol. The molecule has 1 aliphatic rings. The van der Waals surface area contributed by atoms with Gasteiger partial charge in [0.05, 0.1) is 18.5 Å². The van der Waals surface area contributed by atoms with Crippen molar-refractivity contribution in [3.63, 3.8) is 0 Å². The molecule has 1 fully saturated rings. The molecule has 0 unspecified atom stereocenters. The van der Waals surface area contributed by atoms with Crippen LogP contribution in [-0.2, 0) is 14.8 Å². The Hall–Kier alpha value is 0.120. The fraction of sp³-hybridized carbons (Fsp3) is 1.00. The highest BCUT2D eigenvalue weighted by Crippen LogP contribution is 2.05. The highest BCUT2D eigenvalue weighted by Gasteiger charge is 2.22. The van der Waals surface area contributed by atoms with Crippen LogP contribution in [0.15, 0.2) is 0 Å². The highest BCUT2D eigenvalue weighted by molar-refractivity contribution is 7.89. The van der Waals surface area contributed by atoms with Crippen LogP contribution in [0.4, 0.5) is 0 Å². The smallest absolute Gasteiger partial charge is 0.216 e. The molecule has 5 nitrogen and oxygen atoms in total. The standard InChI is InChI=1S/C10H22N2O3S.ClH/c1-10(2)15-8-9-16(13,14)12-6-3-4-11-5-7-12;/h10-11H,3-9H2,1-2H3;1H. The van der Waals surface area contributed by atoms with Gasteiger partial charge in [0.1, 0.15) is 0 Å². The van der Waals surface area contributed by atoms with Crippen LogP contribution in [0, 0.1) is 0 Å². The fourth-order valence-electron chi connectivity index (χ4n) is 1.62. The first kappa shape index (κ1) is 17.1. The molecule has 0 aromatic heterocycles. The number of ether oxygens (including phenoxy) is 1. The zero-order valence-electron chi connectivity index (χ0n) is 10.5. The second-order valence-electron chi connectivity index (χ2n) is 4.24. The molecule has 0 atom stereocenters. The van der Waals surface area contributed by atoms with Gasteiger partial charge in [-0.25, -0.2) is 12.7 Å². The Bertz CT molecular complexity index is 288. The molecule has 104 valence electrons. The third-order valence-corrected chi connectivity index (χ3v) is 4.32. The maximum absolute atomic E-state index is 11.9. The van der Waals surface area contributed by atoms with Crippen LogP contribution in [0.5, 0.6) is 0 Å². The Morgan fingerprint density at radius 2 is 2.00 bits per heavy atom. The zero-order valence-corrected chi connectivity index (χ0v) is 12.1. The van der Waals surface area contributed by atoms with E-state index in [1.165, 1.54) is 0 Å². The second kappa shape index (κ2) is 8.26. The van der Waals surface area contributed by atoms with E-state index in [0.717, 1.165) is 19.5 Å². The molecule has 1 N–H and O–H groups in total. The average molecular weight is 287 g/mol. The van der Waals surface area contributed by atoms with Crippen molar-refractivity contribution in [2.75, 3.05) is 38.5 Å². The van der Waals surface area contributed by atoms with Crippen LogP contribution >= 0.6 is 12.4 Å². The lowest BCUT2D eigenvalue weighted by Crippen LogP contribution is -2.37. The van der Waals surface area contributed by atoms with E-state index < -0.39 is 10.0 Å². The number of nitrogens with one attached hydrogen (secondary N) is 1. The summed E-state index contributed by atoms with van der Waals surface area (Å²) in [5, 5.41) is 3.19. The average Bonchev–Trinajstić information content (AvgIpc) is 2.44. The number of halogens is 1. The third-order valence-electron chi connectivity index (χ3n) is 2.48. The molecular weight excluding hydrogens is 264 g/mol. The zero-order chi connectivity index (χ0) is 12.0. The molecule has 0 aromatic rings. The van der Waals surface area contributed by atoms with Crippen molar-refractivity contribution in [3.05, 3.63) is 0 Å². The Labute approximate surface area is 110 Å². The lowest BCUT2D eigenvalue weighted by Gasteiger charge is -2.19. The van der Waals surface area contributed by atoms with Gasteiger partial charge >= 0.3 is 0 Å². The molecule has 17 heavy (non-hydrogen) atoms. The van der Waals surface area contributed by atoms with Crippen molar-refractivity contribution in [1.82, 2.24) is 9.62 Å². The number of hydrogen-bond donors (Lipinski definition) is 1. The van der Waals surface area contributed by atoms with Crippen LogP contribution < -0.4 is 5.32 Å². The molecule has 1 saturated heterocycles. The summed E-state index contributed by atoms with van der Waals surface area (Å²) in [5.41, 5.74) is 0. The predicted octanol–water partition coefficient (Wildman–Crippen LogP) is 0.458. The fourth-order valence-corrected chi connectivity index (χ4v) is 2.96. The number of nitrogens with zero attached hydrogens (tertiary/aromatic N) is 1. The van der Waals surface area contributed by atoms with Gasteiger partial charge in [0, 0.05) is 19.6 Å². The lowest BCUT2D eigenvalue weighted by molar-refractivity contribution is 0.0907. The molecule has 0 aromatic carbocycles. The topological polar surface area (TPSA) is 58.6 Å². The van der Waals surface area contributed by atoms with Gasteiger partial charge in [-0.1, -0.05) is 0 Å². The first-order chi connectivity index (χ1) is 7.52. The maximum atomic E-state index is 11.9. The first-order valence-corrected chi connectivity index (χ1v) is 7.43. The Kier molecular flexibility index (Phi) is 8.32. The van der Waals surface area contributed by atoms with Gasteiger partial charge in [-0.05, 0) is 26.8 Å². The summed E-state index contributed by atoms with van der Waals surface area (Å²) < 4.78 is 30.7. The summed E-state index contributed by atoms with van der Waals surface area (Å²) >= 11 is 0. The highest BCUT2D eigenvalue weighted by atomic mass is 35.5. The second-order valence-corrected chi connectivity index (χ2v) is 6.33. The van der Waals surface area contributed by atoms with Crippen molar-refractivity contribution in [1.29, 1.82) is 0 Å². The molecule has 0 bridgehead atoms. The minimum Gasteiger partial charge on any atom is -0.378 e. The van der Waals surface area contributed by atoms with Crippen molar-refractivity contribution >= 4 is 22.4 Å². The third kappa shape index (κ3) is 6.57. The van der Waals surface area contributed by atoms with Crippen LogP contribution in [0.3, 0.4) is 0 Å². The number of rotatable bonds is 5. The van der Waals surface area contributed by atoms with E-state index in [1.807, 2.05) is 13.8 Å². The van der Waals surface area contributed by atoms with Crippen molar-refractivity contribution in [2.24, 2.45) is 0 Å². The van der Waals surface area contributed by atoms with E-state index in [4.69, 9.17) is 4.74 Å². The molecule has 0 aliphatic carbocycles. The van der Waals surface area contributed by atoms with Crippen LogP contribution in [-0.4, -0.2) is 57.4 Å². The Morgan fingerprint density at radius 3 is 2.65 bits per heavy atom. The molecule has 0 amide bonds. The largest absolute Gasteiger partial charge is 0.378 e. The molecule has 1 heterocycles. The summed E-state index contributed by atoms with van der Waals surface area (Å²) in [6.07, 6.45) is 0.963. The molecule has 0 saturated carbocycles. The van der Waals surface area contributed by atoms with E-state index in [1.54, 1.807) is 4.31 Å². The molecule has 7 heteroatoms. The van der Waals surface area contributed by atoms with Gasteiger partial charge < -0.3 is 10.1 Å². The summed E-state index contributed by atoms with van der Waals surface area (Å²) in [6, 6.07) is 0. The molecule has 0 spiro atoms. The number of sulfonamides is 1. The normalized spacial score (nSPS) is 18.8. The minimum atomic E-state index is -3.13. The summed E-state index contributed by atoms with van der Waals surface area (Å²) in [4.78, 5) is 0. The van der Waals surface area contributed by atoms with Crippen molar-refractivity contribution < 1.29 is 13.2 Å². The Balaban J connectivity index is 0.00000256. The van der Waals surface area contributed by atoms with Gasteiger partial charge in [0.15, 0.2) is 0 Å². The van der Waals surface area contributed by atoms with Gasteiger partial charge in [0.25, 0.3) is 0 Å². The minimum absolute atomic E-state index is 0. The van der Waals surface area contributed by atoms with Crippen molar-refractivity contribution in [3.8, 4) is 0 Å². The first-order valence-electron chi connectivity index (χ1n) is 5.82. The van der Waals surface area contributed by atoms with Gasteiger partial charge in [-0.3, -0.25) is 0 Å². The van der Waals surface area contributed by atoms with Crippen LogP contribution in [0.1, 0.15) is 20.3 Å². The van der Waals surface area contributed by atoms with Gasteiger partial charge in [-0.15, -0.1) is 12.4 Å². The van der Waals surface area contributed by atoms with E-state index >= 15 is 0 Å². The van der Waals surface area contributed by atoms with Crippen LogP contribution in [0.25, 0.3) is 0 Å². The van der Waals surface area contributed by atoms with E-state index in [0.29, 0.717) is 13.1 Å². The number of hydrogen-bond acceptors (Lipinski definition) is 4. The maximum Gasteiger partial charge on any atom is 0.216 e. The van der Waals surface area contributed by atoms with E-state index in [-0.39, 0.29) is 30.9 Å². The summed E-state index contributed by atoms with van der Waals surface area (Å²) in [6.45, 7) is 6.93. The molecule has 1 rings (SSSR count). The van der Waals surface area contributed by atoms with Gasteiger partial charge in [0.2, 0.25) is 10.0 Å². The summed E-state index contributed by atoms with van der Waals surface area (Å²) in [5.74, 6) is 0.0885. The lowest BCUT2D eigenvalue weighted by atomic mass is 10.4. The van der Waals surface area contributed by atoms with Crippen molar-refractivity contribution in [2.45, 2.75) is 26.4 Å². The monoisotopic (exact) mass is 286 g/mol. The van der Waals surface area contributed by atoms with E-state index in [2.05, 4.69) is 5.32 Å². The van der Waals surface area contributed by atoms with Crippen LogP contribution in [0.2, 0.25) is 0 Å². The molecule has 0 radical (unpaired) electrons.